The van der Waals surface area contributed by atoms with Crippen LogP contribution in [0.1, 0.15) is 0 Å². The van der Waals surface area contributed by atoms with Gasteiger partial charge in [-0.2, -0.15) is 0 Å². The van der Waals surface area contributed by atoms with E-state index in [1.807, 2.05) is 0 Å². The molecule has 0 saturated carbocycles. The number of sulfone groups is 1. The molecule has 0 aromatic heterocycles. The zero-order chi connectivity index (χ0) is 15.5. The van der Waals surface area contributed by atoms with E-state index >= 15 is 0 Å². The van der Waals surface area contributed by atoms with Crippen LogP contribution in [-0.4, -0.2) is 26.0 Å². The van der Waals surface area contributed by atoms with E-state index in [1.165, 1.54) is 48.5 Å². The first kappa shape index (κ1) is 18.5. The third-order valence-corrected chi connectivity index (χ3v) is 4.58. The number of aliphatic carboxylic acids is 1. The first-order chi connectivity index (χ1) is 9.89. The summed E-state index contributed by atoms with van der Waals surface area (Å²) in [6.45, 7) is -0.232. The molecule has 4 N–H and O–H groups in total. The molecule has 2 rings (SSSR count). The summed E-state index contributed by atoms with van der Waals surface area (Å²) in [5.74, 6) is -0.992. The van der Waals surface area contributed by atoms with Crippen molar-refractivity contribution in [2.24, 2.45) is 0 Å². The van der Waals surface area contributed by atoms with Gasteiger partial charge in [0.25, 0.3) is 0 Å². The van der Waals surface area contributed by atoms with Gasteiger partial charge in [-0.25, -0.2) is 8.42 Å². The summed E-state index contributed by atoms with van der Waals surface area (Å²) in [5, 5.41) is 11.2. The maximum atomic E-state index is 12.4. The largest absolute Gasteiger partial charge is 1.00 e. The monoisotopic (exact) mass is 329 g/mol. The molecule has 0 atom stereocenters. The summed E-state index contributed by atoms with van der Waals surface area (Å²) in [7, 11) is -3.60. The van der Waals surface area contributed by atoms with Gasteiger partial charge >= 0.3 is 35.5 Å². The summed E-state index contributed by atoms with van der Waals surface area (Å²) in [4.78, 5) is 10.7. The Labute approximate surface area is 150 Å². The number of rotatable bonds is 5. The zero-order valence-electron chi connectivity index (χ0n) is 12.0. The molecule has 8 heteroatoms. The number of carboxylic acid groups (broad SMARTS) is 1. The molecule has 110 valence electrons. The van der Waals surface area contributed by atoms with Crippen LogP contribution in [0.4, 0.5) is 11.4 Å². The van der Waals surface area contributed by atoms with E-state index < -0.39 is 15.8 Å². The smallest absolute Gasteiger partial charge is 0.480 e. The molecular formula is C14H14N2NaO4S+. The summed E-state index contributed by atoms with van der Waals surface area (Å²) >= 11 is 0. The van der Waals surface area contributed by atoms with Crippen molar-refractivity contribution < 1.29 is 47.9 Å². The average Bonchev–Trinajstić information content (AvgIpc) is 2.46. The van der Waals surface area contributed by atoms with Crippen molar-refractivity contribution in [1.29, 1.82) is 0 Å². The number of nitrogens with two attached hydrogens (primary N) is 1. The fraction of sp³-hybridized carbons (Fsp3) is 0.0714. The van der Waals surface area contributed by atoms with Crippen LogP contribution in [0, 0.1) is 0 Å². The predicted molar refractivity (Wildman–Crippen MR) is 78.9 cm³/mol. The van der Waals surface area contributed by atoms with Crippen LogP contribution < -0.4 is 40.6 Å². The Balaban J connectivity index is 0.00000242. The first-order valence-electron chi connectivity index (χ1n) is 6.06. The van der Waals surface area contributed by atoms with Crippen molar-refractivity contribution >= 4 is 27.2 Å². The molecule has 0 aliphatic heterocycles. The van der Waals surface area contributed by atoms with Crippen molar-refractivity contribution in [3.05, 3.63) is 48.5 Å². The molecule has 0 unspecified atom stereocenters. The van der Waals surface area contributed by atoms with Crippen LogP contribution >= 0.6 is 0 Å². The van der Waals surface area contributed by atoms with Gasteiger partial charge in [0.2, 0.25) is 9.84 Å². The number of nitrogen functional groups attached to an aromatic ring is 1. The quantitative estimate of drug-likeness (QED) is 0.460. The molecule has 0 aliphatic carbocycles. The molecule has 0 saturated heterocycles. The summed E-state index contributed by atoms with van der Waals surface area (Å²) < 4.78 is 24.7. The molecule has 0 amide bonds. The van der Waals surface area contributed by atoms with Crippen molar-refractivity contribution in [2.45, 2.75) is 9.79 Å². The van der Waals surface area contributed by atoms with Crippen LogP contribution in [-0.2, 0) is 14.6 Å². The summed E-state index contributed by atoms with van der Waals surface area (Å²) in [6.07, 6.45) is 0. The van der Waals surface area contributed by atoms with Gasteiger partial charge in [0.15, 0.2) is 0 Å². The Morgan fingerprint density at radius 1 is 1.00 bits per heavy atom. The third-order valence-electron chi connectivity index (χ3n) is 2.80. The van der Waals surface area contributed by atoms with Crippen LogP contribution in [0.2, 0.25) is 0 Å². The molecular weight excluding hydrogens is 315 g/mol. The van der Waals surface area contributed by atoms with Gasteiger partial charge in [0.05, 0.1) is 9.79 Å². The van der Waals surface area contributed by atoms with E-state index in [2.05, 4.69) is 5.32 Å². The van der Waals surface area contributed by atoms with E-state index in [0.717, 1.165) is 0 Å². The second-order valence-corrected chi connectivity index (χ2v) is 6.29. The Hall–Kier alpha value is -1.54. The molecule has 0 bridgehead atoms. The Bertz CT molecular complexity index is 743. The predicted octanol–water partition coefficient (Wildman–Crippen LogP) is -1.40. The number of hydrogen-bond donors (Lipinski definition) is 3. The van der Waals surface area contributed by atoms with Crippen molar-refractivity contribution in [3.63, 3.8) is 0 Å². The van der Waals surface area contributed by atoms with Crippen molar-refractivity contribution in [3.8, 4) is 0 Å². The van der Waals surface area contributed by atoms with Gasteiger partial charge in [-0.1, -0.05) is 0 Å². The third kappa shape index (κ3) is 4.48. The normalized spacial score (nSPS) is 10.5. The molecule has 0 radical (unpaired) electrons. The van der Waals surface area contributed by atoms with E-state index in [0.29, 0.717) is 11.4 Å². The molecule has 0 fully saturated rings. The number of carbonyl (C=O) groups is 1. The maximum Gasteiger partial charge on any atom is 1.00 e. The second-order valence-electron chi connectivity index (χ2n) is 4.34. The van der Waals surface area contributed by atoms with E-state index in [4.69, 9.17) is 10.8 Å². The Kier molecular flexibility index (Phi) is 6.43. The molecule has 6 nitrogen and oxygen atoms in total. The van der Waals surface area contributed by atoms with Crippen LogP contribution in [0.25, 0.3) is 0 Å². The molecule has 2 aromatic carbocycles. The number of anilines is 2. The van der Waals surface area contributed by atoms with Crippen molar-refractivity contribution in [2.75, 3.05) is 17.6 Å². The Morgan fingerprint density at radius 3 is 1.91 bits per heavy atom. The van der Waals surface area contributed by atoms with Crippen LogP contribution in [0.5, 0.6) is 0 Å². The average molecular weight is 329 g/mol. The summed E-state index contributed by atoms with van der Waals surface area (Å²) in [6, 6.07) is 11.8. The van der Waals surface area contributed by atoms with Crippen LogP contribution in [0.3, 0.4) is 0 Å². The van der Waals surface area contributed by atoms with Crippen LogP contribution in [0.15, 0.2) is 58.3 Å². The standard InChI is InChI=1S/C14H14N2O4S.Na/c15-10-1-5-12(6-2-10)21(19,20)13-7-3-11(4-8-13)16-9-14(17)18;/h1-8,16H,9,15H2,(H,17,18);/q;+1. The molecule has 0 aliphatic rings. The molecule has 0 heterocycles. The fourth-order valence-corrected chi connectivity index (χ4v) is 2.97. The van der Waals surface area contributed by atoms with Gasteiger partial charge in [0, 0.05) is 11.4 Å². The maximum absolute atomic E-state index is 12.4. The number of benzene rings is 2. The van der Waals surface area contributed by atoms with Crippen molar-refractivity contribution in [1.82, 2.24) is 0 Å². The molecule has 0 spiro atoms. The van der Waals surface area contributed by atoms with E-state index in [9.17, 15) is 13.2 Å². The summed E-state index contributed by atoms with van der Waals surface area (Å²) in [5.41, 5.74) is 6.56. The second kappa shape index (κ2) is 7.64. The zero-order valence-corrected chi connectivity index (χ0v) is 14.8. The van der Waals surface area contributed by atoms with Gasteiger partial charge in [-0.3, -0.25) is 4.79 Å². The number of carboxylic acids is 1. The SMILES string of the molecule is Nc1ccc(S(=O)(=O)c2ccc(NCC(=O)O)cc2)cc1.[Na+]. The minimum Gasteiger partial charge on any atom is -0.480 e. The number of nitrogens with one attached hydrogen (secondary N) is 1. The minimum atomic E-state index is -3.60. The first-order valence-corrected chi connectivity index (χ1v) is 7.54. The molecule has 2 aromatic rings. The minimum absolute atomic E-state index is 0. The fourth-order valence-electron chi connectivity index (χ4n) is 1.71. The Morgan fingerprint density at radius 2 is 1.45 bits per heavy atom. The van der Waals surface area contributed by atoms with Gasteiger partial charge in [-0.15, -0.1) is 0 Å². The van der Waals surface area contributed by atoms with Gasteiger partial charge in [0.1, 0.15) is 6.54 Å². The van der Waals surface area contributed by atoms with Gasteiger partial charge in [-0.05, 0) is 48.5 Å². The van der Waals surface area contributed by atoms with E-state index in [-0.39, 0.29) is 45.9 Å². The van der Waals surface area contributed by atoms with E-state index in [1.54, 1.807) is 0 Å². The van der Waals surface area contributed by atoms with Gasteiger partial charge < -0.3 is 16.2 Å². The number of hydrogen-bond acceptors (Lipinski definition) is 5. The topological polar surface area (TPSA) is 109 Å². The molecule has 22 heavy (non-hydrogen) atoms.